The SMILES string of the molecule is CCCCCCCCOc1cc(C)c(-n2ccnc2-c2ccccc2)c(C)c1. The lowest BCUT2D eigenvalue weighted by molar-refractivity contribution is 0.304. The molecular formula is C25H32N2O. The zero-order valence-electron chi connectivity index (χ0n) is 17.4. The van der Waals surface area contributed by atoms with Crippen LogP contribution in [0.5, 0.6) is 5.75 Å². The first-order valence-corrected chi connectivity index (χ1v) is 10.5. The number of benzene rings is 2. The van der Waals surface area contributed by atoms with E-state index in [1.165, 1.54) is 48.9 Å². The summed E-state index contributed by atoms with van der Waals surface area (Å²) in [5, 5.41) is 0. The van der Waals surface area contributed by atoms with Crippen LogP contribution in [0.4, 0.5) is 0 Å². The van der Waals surface area contributed by atoms with Crippen molar-refractivity contribution in [3.63, 3.8) is 0 Å². The van der Waals surface area contributed by atoms with Crippen LogP contribution in [-0.2, 0) is 0 Å². The molecule has 3 aromatic rings. The summed E-state index contributed by atoms with van der Waals surface area (Å²) in [4.78, 5) is 4.59. The molecule has 3 nitrogen and oxygen atoms in total. The molecule has 0 aliphatic rings. The van der Waals surface area contributed by atoms with Gasteiger partial charge in [-0.15, -0.1) is 0 Å². The van der Waals surface area contributed by atoms with Gasteiger partial charge in [-0.2, -0.15) is 0 Å². The number of ether oxygens (including phenoxy) is 1. The van der Waals surface area contributed by atoms with Crippen LogP contribution >= 0.6 is 0 Å². The van der Waals surface area contributed by atoms with E-state index in [9.17, 15) is 0 Å². The fraction of sp³-hybridized carbons (Fsp3) is 0.400. The largest absolute Gasteiger partial charge is 0.494 e. The van der Waals surface area contributed by atoms with Gasteiger partial charge in [-0.05, 0) is 43.5 Å². The van der Waals surface area contributed by atoms with Gasteiger partial charge in [0.05, 0.1) is 12.3 Å². The molecule has 0 N–H and O–H groups in total. The summed E-state index contributed by atoms with van der Waals surface area (Å²) < 4.78 is 8.21. The first-order chi connectivity index (χ1) is 13.7. The van der Waals surface area contributed by atoms with Gasteiger partial charge in [-0.25, -0.2) is 4.98 Å². The van der Waals surface area contributed by atoms with E-state index in [0.29, 0.717) is 0 Å². The lowest BCUT2D eigenvalue weighted by atomic mass is 10.1. The van der Waals surface area contributed by atoms with Crippen molar-refractivity contribution < 1.29 is 4.74 Å². The molecule has 0 spiro atoms. The molecule has 0 saturated heterocycles. The predicted molar refractivity (Wildman–Crippen MR) is 117 cm³/mol. The summed E-state index contributed by atoms with van der Waals surface area (Å²) in [6, 6.07) is 14.6. The average Bonchev–Trinajstić information content (AvgIpc) is 3.17. The molecule has 148 valence electrons. The fourth-order valence-corrected chi connectivity index (χ4v) is 3.74. The van der Waals surface area contributed by atoms with Crippen molar-refractivity contribution in [2.45, 2.75) is 59.3 Å². The van der Waals surface area contributed by atoms with E-state index in [2.05, 4.69) is 54.6 Å². The Labute approximate surface area is 169 Å². The highest BCUT2D eigenvalue weighted by atomic mass is 16.5. The Bertz CT molecular complexity index is 844. The predicted octanol–water partition coefficient (Wildman–Crippen LogP) is 6.90. The number of unbranched alkanes of at least 4 members (excludes halogenated alkanes) is 5. The zero-order chi connectivity index (χ0) is 19.8. The Balaban J connectivity index is 1.69. The van der Waals surface area contributed by atoms with Crippen LogP contribution in [0.25, 0.3) is 17.1 Å². The number of aryl methyl sites for hydroxylation is 2. The molecule has 0 aliphatic heterocycles. The summed E-state index contributed by atoms with van der Waals surface area (Å²) in [5.74, 6) is 1.93. The molecule has 3 rings (SSSR count). The Kier molecular flexibility index (Phi) is 7.30. The Morgan fingerprint density at radius 1 is 0.893 bits per heavy atom. The molecular weight excluding hydrogens is 344 g/mol. The first kappa shape index (κ1) is 20.2. The Morgan fingerprint density at radius 3 is 2.29 bits per heavy atom. The number of rotatable bonds is 10. The van der Waals surface area contributed by atoms with Crippen LogP contribution in [-0.4, -0.2) is 16.2 Å². The molecule has 0 saturated carbocycles. The van der Waals surface area contributed by atoms with Gasteiger partial charge in [0.15, 0.2) is 0 Å². The minimum atomic E-state index is 0.796. The van der Waals surface area contributed by atoms with E-state index in [0.717, 1.165) is 30.2 Å². The zero-order valence-corrected chi connectivity index (χ0v) is 17.4. The monoisotopic (exact) mass is 376 g/mol. The summed E-state index contributed by atoms with van der Waals surface area (Å²) in [5.41, 5.74) is 4.71. The van der Waals surface area contributed by atoms with E-state index in [1.54, 1.807) is 0 Å². The second kappa shape index (κ2) is 10.1. The molecule has 0 amide bonds. The lowest BCUT2D eigenvalue weighted by Crippen LogP contribution is -2.04. The van der Waals surface area contributed by atoms with Crippen molar-refractivity contribution >= 4 is 0 Å². The normalized spacial score (nSPS) is 11.0. The molecule has 1 aromatic heterocycles. The third-order valence-corrected chi connectivity index (χ3v) is 5.14. The lowest BCUT2D eigenvalue weighted by Gasteiger charge is -2.16. The van der Waals surface area contributed by atoms with Gasteiger partial charge in [0.2, 0.25) is 0 Å². The van der Waals surface area contributed by atoms with Crippen LogP contribution in [0.15, 0.2) is 54.9 Å². The van der Waals surface area contributed by atoms with E-state index >= 15 is 0 Å². The van der Waals surface area contributed by atoms with Gasteiger partial charge in [0, 0.05) is 18.0 Å². The topological polar surface area (TPSA) is 27.1 Å². The standard InChI is InChI=1S/C25H32N2O/c1-4-5-6-7-8-12-17-28-23-18-20(2)24(21(3)19-23)27-16-15-26-25(27)22-13-10-9-11-14-22/h9-11,13-16,18-19H,4-8,12,17H2,1-3H3. The minimum absolute atomic E-state index is 0.796. The summed E-state index contributed by atoms with van der Waals surface area (Å²) in [7, 11) is 0. The molecule has 0 atom stereocenters. The Hall–Kier alpha value is -2.55. The second-order valence-electron chi connectivity index (χ2n) is 7.51. The van der Waals surface area contributed by atoms with Crippen LogP contribution in [0.2, 0.25) is 0 Å². The molecule has 28 heavy (non-hydrogen) atoms. The smallest absolute Gasteiger partial charge is 0.144 e. The third-order valence-electron chi connectivity index (χ3n) is 5.14. The number of nitrogens with zero attached hydrogens (tertiary/aromatic N) is 2. The van der Waals surface area contributed by atoms with Crippen LogP contribution in [0.1, 0.15) is 56.6 Å². The van der Waals surface area contributed by atoms with Gasteiger partial charge < -0.3 is 4.74 Å². The maximum absolute atomic E-state index is 6.04. The van der Waals surface area contributed by atoms with E-state index < -0.39 is 0 Å². The van der Waals surface area contributed by atoms with Crippen LogP contribution in [0, 0.1) is 13.8 Å². The molecule has 0 bridgehead atoms. The minimum Gasteiger partial charge on any atom is -0.494 e. The molecule has 0 fully saturated rings. The maximum Gasteiger partial charge on any atom is 0.144 e. The fourth-order valence-electron chi connectivity index (χ4n) is 3.74. The van der Waals surface area contributed by atoms with Gasteiger partial charge in [-0.1, -0.05) is 69.4 Å². The van der Waals surface area contributed by atoms with Crippen LogP contribution < -0.4 is 4.74 Å². The maximum atomic E-state index is 6.04. The van der Waals surface area contributed by atoms with Gasteiger partial charge in [0.1, 0.15) is 11.6 Å². The highest BCUT2D eigenvalue weighted by Crippen LogP contribution is 2.29. The van der Waals surface area contributed by atoms with Crippen molar-refractivity contribution in [2.75, 3.05) is 6.61 Å². The summed E-state index contributed by atoms with van der Waals surface area (Å²) >= 11 is 0. The molecule has 0 aliphatic carbocycles. The molecule has 0 unspecified atom stereocenters. The summed E-state index contributed by atoms with van der Waals surface area (Å²) in [6.07, 6.45) is 11.6. The van der Waals surface area contributed by atoms with Crippen molar-refractivity contribution in [1.82, 2.24) is 9.55 Å². The van der Waals surface area contributed by atoms with E-state index in [4.69, 9.17) is 4.74 Å². The summed E-state index contributed by atoms with van der Waals surface area (Å²) in [6.45, 7) is 7.35. The van der Waals surface area contributed by atoms with Gasteiger partial charge in [-0.3, -0.25) is 4.57 Å². The quantitative estimate of drug-likeness (QED) is 0.360. The van der Waals surface area contributed by atoms with Gasteiger partial charge in [0.25, 0.3) is 0 Å². The third kappa shape index (κ3) is 5.03. The van der Waals surface area contributed by atoms with Crippen molar-refractivity contribution in [3.8, 4) is 22.8 Å². The molecule has 3 heteroatoms. The van der Waals surface area contributed by atoms with Gasteiger partial charge >= 0.3 is 0 Å². The number of imidazole rings is 1. The first-order valence-electron chi connectivity index (χ1n) is 10.5. The Morgan fingerprint density at radius 2 is 1.57 bits per heavy atom. The van der Waals surface area contributed by atoms with E-state index in [1.807, 2.05) is 30.6 Å². The number of hydrogen-bond donors (Lipinski definition) is 0. The molecule has 2 aromatic carbocycles. The van der Waals surface area contributed by atoms with Crippen molar-refractivity contribution in [1.29, 1.82) is 0 Å². The van der Waals surface area contributed by atoms with Crippen molar-refractivity contribution in [3.05, 3.63) is 66.0 Å². The highest BCUT2D eigenvalue weighted by Gasteiger charge is 2.13. The second-order valence-corrected chi connectivity index (χ2v) is 7.51. The average molecular weight is 377 g/mol. The van der Waals surface area contributed by atoms with E-state index in [-0.39, 0.29) is 0 Å². The number of aromatic nitrogens is 2. The molecule has 1 heterocycles. The highest BCUT2D eigenvalue weighted by molar-refractivity contribution is 5.62. The molecule has 0 radical (unpaired) electrons. The van der Waals surface area contributed by atoms with Crippen molar-refractivity contribution in [2.24, 2.45) is 0 Å². The van der Waals surface area contributed by atoms with Crippen LogP contribution in [0.3, 0.4) is 0 Å². The number of hydrogen-bond acceptors (Lipinski definition) is 2.